The molecule has 0 saturated heterocycles. The van der Waals surface area contributed by atoms with E-state index in [4.69, 9.17) is 0 Å². The highest BCUT2D eigenvalue weighted by Gasteiger charge is 2.19. The van der Waals surface area contributed by atoms with Crippen molar-refractivity contribution in [3.63, 3.8) is 0 Å². The molecule has 28 heavy (non-hydrogen) atoms. The standard InChI is InChI=1S/C24H24N2O2/c1-17(2)16-26(13-7-10-19-8-5-4-6-9-19)24(28)21-15-23(27)25-22-12-11-18(3)14-20(21)22/h4-6,8-9,11-12,14-15,17H,13,16H2,1-3H3,(H,25,27). The van der Waals surface area contributed by atoms with Crippen LogP contribution in [-0.2, 0) is 0 Å². The van der Waals surface area contributed by atoms with Gasteiger partial charge in [-0.25, -0.2) is 0 Å². The first-order valence-corrected chi connectivity index (χ1v) is 9.41. The number of aryl methyl sites for hydroxylation is 1. The van der Waals surface area contributed by atoms with E-state index in [9.17, 15) is 9.59 Å². The van der Waals surface area contributed by atoms with Crippen LogP contribution >= 0.6 is 0 Å². The molecule has 3 aromatic rings. The molecule has 0 unspecified atom stereocenters. The summed E-state index contributed by atoms with van der Waals surface area (Å²) in [5, 5.41) is 0.759. The summed E-state index contributed by atoms with van der Waals surface area (Å²) in [6.45, 7) is 6.97. The second kappa shape index (κ2) is 8.58. The van der Waals surface area contributed by atoms with E-state index in [1.807, 2.05) is 55.5 Å². The number of pyridine rings is 1. The van der Waals surface area contributed by atoms with Gasteiger partial charge in [0.2, 0.25) is 5.56 Å². The average molecular weight is 372 g/mol. The van der Waals surface area contributed by atoms with Crippen LogP contribution in [0.1, 0.15) is 35.3 Å². The summed E-state index contributed by atoms with van der Waals surface area (Å²) >= 11 is 0. The fourth-order valence-corrected chi connectivity index (χ4v) is 3.13. The molecule has 0 saturated carbocycles. The smallest absolute Gasteiger partial charge is 0.255 e. The average Bonchev–Trinajstić information content (AvgIpc) is 2.67. The molecule has 1 N–H and O–H groups in total. The maximum absolute atomic E-state index is 13.3. The zero-order valence-electron chi connectivity index (χ0n) is 16.5. The third kappa shape index (κ3) is 4.69. The molecule has 4 nitrogen and oxygen atoms in total. The summed E-state index contributed by atoms with van der Waals surface area (Å²) in [5.74, 6) is 6.32. The summed E-state index contributed by atoms with van der Waals surface area (Å²) in [6, 6.07) is 16.8. The number of hydrogen-bond acceptors (Lipinski definition) is 2. The molecule has 142 valence electrons. The van der Waals surface area contributed by atoms with Crippen LogP contribution in [0.15, 0.2) is 59.4 Å². The number of carbonyl (C=O) groups is 1. The lowest BCUT2D eigenvalue weighted by Gasteiger charge is -2.23. The Hall–Kier alpha value is -3.32. The Kier molecular flexibility index (Phi) is 5.96. The van der Waals surface area contributed by atoms with Gasteiger partial charge in [-0.05, 0) is 37.1 Å². The largest absolute Gasteiger partial charge is 0.327 e. The summed E-state index contributed by atoms with van der Waals surface area (Å²) < 4.78 is 0. The number of hydrogen-bond donors (Lipinski definition) is 1. The van der Waals surface area contributed by atoms with Crippen LogP contribution in [0.5, 0.6) is 0 Å². The van der Waals surface area contributed by atoms with Gasteiger partial charge in [0, 0.05) is 29.1 Å². The number of amides is 1. The highest BCUT2D eigenvalue weighted by Crippen LogP contribution is 2.19. The molecule has 0 fully saturated rings. The van der Waals surface area contributed by atoms with Crippen molar-refractivity contribution in [1.29, 1.82) is 0 Å². The molecule has 4 heteroatoms. The van der Waals surface area contributed by atoms with Crippen molar-refractivity contribution in [2.45, 2.75) is 20.8 Å². The molecule has 0 spiro atoms. The van der Waals surface area contributed by atoms with Crippen molar-refractivity contribution in [3.05, 3.63) is 81.6 Å². The molecule has 0 aliphatic rings. The van der Waals surface area contributed by atoms with Crippen LogP contribution in [0.4, 0.5) is 0 Å². The fraction of sp³-hybridized carbons (Fsp3) is 0.250. The number of aromatic amines is 1. The van der Waals surface area contributed by atoms with E-state index in [0.717, 1.165) is 16.5 Å². The van der Waals surface area contributed by atoms with E-state index in [1.54, 1.807) is 4.90 Å². The minimum absolute atomic E-state index is 0.169. The monoisotopic (exact) mass is 372 g/mol. The molecule has 1 amide bonds. The number of nitrogens with one attached hydrogen (secondary N) is 1. The van der Waals surface area contributed by atoms with E-state index in [-0.39, 0.29) is 17.4 Å². The second-order valence-corrected chi connectivity index (χ2v) is 7.34. The molecule has 1 heterocycles. The maximum Gasteiger partial charge on any atom is 0.255 e. The number of nitrogens with zero attached hydrogens (tertiary/aromatic N) is 1. The predicted molar refractivity (Wildman–Crippen MR) is 113 cm³/mol. The number of H-pyrrole nitrogens is 1. The number of carbonyl (C=O) groups excluding carboxylic acids is 1. The van der Waals surface area contributed by atoms with Gasteiger partial charge in [-0.15, -0.1) is 0 Å². The third-order valence-electron chi connectivity index (χ3n) is 4.38. The Labute approximate surface area is 165 Å². The van der Waals surface area contributed by atoms with Gasteiger partial charge in [-0.3, -0.25) is 9.59 Å². The molecular weight excluding hydrogens is 348 g/mol. The van der Waals surface area contributed by atoms with Crippen LogP contribution < -0.4 is 5.56 Å². The van der Waals surface area contributed by atoms with Crippen LogP contribution in [-0.4, -0.2) is 28.9 Å². The van der Waals surface area contributed by atoms with E-state index >= 15 is 0 Å². The Balaban J connectivity index is 1.96. The Morgan fingerprint density at radius 2 is 1.86 bits per heavy atom. The van der Waals surface area contributed by atoms with Crippen molar-refractivity contribution < 1.29 is 4.79 Å². The molecular formula is C24H24N2O2. The van der Waals surface area contributed by atoms with Gasteiger partial charge < -0.3 is 9.88 Å². The van der Waals surface area contributed by atoms with Crippen molar-refractivity contribution in [3.8, 4) is 11.8 Å². The van der Waals surface area contributed by atoms with Crippen LogP contribution in [0.25, 0.3) is 10.9 Å². The quantitative estimate of drug-likeness (QED) is 0.704. The Morgan fingerprint density at radius 3 is 2.57 bits per heavy atom. The van der Waals surface area contributed by atoms with Gasteiger partial charge in [0.25, 0.3) is 5.91 Å². The predicted octanol–water partition coefficient (Wildman–Crippen LogP) is 3.99. The summed E-state index contributed by atoms with van der Waals surface area (Å²) in [5.41, 5.74) is 2.76. The minimum Gasteiger partial charge on any atom is -0.327 e. The van der Waals surface area contributed by atoms with E-state index in [2.05, 4.69) is 30.7 Å². The molecule has 0 aliphatic heterocycles. The molecule has 3 rings (SSSR count). The van der Waals surface area contributed by atoms with Crippen LogP contribution in [0.2, 0.25) is 0 Å². The number of aromatic nitrogens is 1. The van der Waals surface area contributed by atoms with E-state index in [0.29, 0.717) is 24.2 Å². The minimum atomic E-state index is -0.278. The van der Waals surface area contributed by atoms with Crippen molar-refractivity contribution >= 4 is 16.8 Å². The van der Waals surface area contributed by atoms with Crippen LogP contribution in [0.3, 0.4) is 0 Å². The number of fused-ring (bicyclic) bond motifs is 1. The second-order valence-electron chi connectivity index (χ2n) is 7.34. The lowest BCUT2D eigenvalue weighted by Crippen LogP contribution is -2.35. The normalized spacial score (nSPS) is 10.6. The number of rotatable bonds is 4. The molecule has 1 aromatic heterocycles. The topological polar surface area (TPSA) is 53.2 Å². The van der Waals surface area contributed by atoms with Crippen molar-refractivity contribution in [2.24, 2.45) is 5.92 Å². The van der Waals surface area contributed by atoms with Gasteiger partial charge in [0.1, 0.15) is 0 Å². The molecule has 2 aromatic carbocycles. The molecule has 0 bridgehead atoms. The fourth-order valence-electron chi connectivity index (χ4n) is 3.13. The molecule has 0 aliphatic carbocycles. The zero-order valence-corrected chi connectivity index (χ0v) is 16.5. The third-order valence-corrected chi connectivity index (χ3v) is 4.38. The van der Waals surface area contributed by atoms with Crippen LogP contribution in [0, 0.1) is 24.7 Å². The molecule has 0 radical (unpaired) electrons. The molecule has 0 atom stereocenters. The van der Waals surface area contributed by atoms with Crippen molar-refractivity contribution in [1.82, 2.24) is 9.88 Å². The van der Waals surface area contributed by atoms with E-state index < -0.39 is 0 Å². The first-order valence-electron chi connectivity index (χ1n) is 9.41. The first kappa shape index (κ1) is 19.4. The number of benzene rings is 2. The summed E-state index contributed by atoms with van der Waals surface area (Å²) in [7, 11) is 0. The van der Waals surface area contributed by atoms with Gasteiger partial charge in [-0.1, -0.05) is 55.5 Å². The Bertz CT molecular complexity index is 1100. The van der Waals surface area contributed by atoms with Gasteiger partial charge in [0.05, 0.1) is 12.1 Å². The lowest BCUT2D eigenvalue weighted by molar-refractivity contribution is 0.0761. The highest BCUT2D eigenvalue weighted by atomic mass is 16.2. The Morgan fingerprint density at radius 1 is 1.11 bits per heavy atom. The van der Waals surface area contributed by atoms with Crippen molar-refractivity contribution in [2.75, 3.05) is 13.1 Å². The highest BCUT2D eigenvalue weighted by molar-refractivity contribution is 6.06. The zero-order chi connectivity index (χ0) is 20.1. The van der Waals surface area contributed by atoms with E-state index in [1.165, 1.54) is 6.07 Å². The SMILES string of the molecule is Cc1ccc2[nH]c(=O)cc(C(=O)N(CC#Cc3ccccc3)CC(C)C)c2c1. The summed E-state index contributed by atoms with van der Waals surface area (Å²) in [6.07, 6.45) is 0. The summed E-state index contributed by atoms with van der Waals surface area (Å²) in [4.78, 5) is 29.9. The van der Waals surface area contributed by atoms with Gasteiger partial charge >= 0.3 is 0 Å². The van der Waals surface area contributed by atoms with Gasteiger partial charge in [-0.2, -0.15) is 0 Å². The lowest BCUT2D eigenvalue weighted by atomic mass is 10.0. The maximum atomic E-state index is 13.3. The van der Waals surface area contributed by atoms with Gasteiger partial charge in [0.15, 0.2) is 0 Å². The first-order chi connectivity index (χ1) is 13.4.